The largest absolute Gasteiger partial charge is 0.495 e. The Labute approximate surface area is 206 Å². The molecule has 0 aliphatic carbocycles. The Morgan fingerprint density at radius 2 is 2.06 bits per heavy atom. The monoisotopic (exact) mass is 503 g/mol. The Bertz CT molecular complexity index is 1150. The zero-order valence-electron chi connectivity index (χ0n) is 18.9. The van der Waals surface area contributed by atoms with E-state index in [0.29, 0.717) is 44.7 Å². The highest BCUT2D eigenvalue weighted by Gasteiger charge is 2.19. The minimum atomic E-state index is -0.336. The van der Waals surface area contributed by atoms with Gasteiger partial charge < -0.3 is 25.4 Å². The average Bonchev–Trinajstić information content (AvgIpc) is 3.29. The molecule has 0 spiro atoms. The number of amides is 1. The lowest BCUT2D eigenvalue weighted by molar-refractivity contribution is 0.103. The van der Waals surface area contributed by atoms with Gasteiger partial charge in [0.15, 0.2) is 5.13 Å². The van der Waals surface area contributed by atoms with Crippen molar-refractivity contribution in [3.8, 4) is 5.75 Å². The van der Waals surface area contributed by atoms with E-state index in [-0.39, 0.29) is 12.5 Å². The summed E-state index contributed by atoms with van der Waals surface area (Å²) in [7, 11) is 1.52. The summed E-state index contributed by atoms with van der Waals surface area (Å²) >= 11 is 7.42. The van der Waals surface area contributed by atoms with Crippen LogP contribution in [-0.4, -0.2) is 77.3 Å². The zero-order chi connectivity index (χ0) is 24.1. The molecule has 1 aromatic carbocycles. The van der Waals surface area contributed by atoms with Crippen LogP contribution < -0.4 is 20.3 Å². The Balaban J connectivity index is 1.44. The maximum absolute atomic E-state index is 12.8. The van der Waals surface area contributed by atoms with Gasteiger partial charge in [-0.25, -0.2) is 15.0 Å². The Hall–Kier alpha value is -2.99. The Kier molecular flexibility index (Phi) is 7.78. The summed E-state index contributed by atoms with van der Waals surface area (Å²) in [4.78, 5) is 31.0. The third kappa shape index (κ3) is 5.73. The highest BCUT2D eigenvalue weighted by Crippen LogP contribution is 2.33. The van der Waals surface area contributed by atoms with E-state index in [9.17, 15) is 4.79 Å². The van der Waals surface area contributed by atoms with Crippen LogP contribution in [0.3, 0.4) is 0 Å². The lowest BCUT2D eigenvalue weighted by atomic mass is 10.3. The first-order valence-corrected chi connectivity index (χ1v) is 12.0. The standard InChI is InChI=1S/C22H26ClN7O3S/c1-14-25-18(12-19(26-14)30-8-6-29(7-9-30)10-11-31)27-22-24-13-17(34-22)21(32)28-20-15(23)4-3-5-16(20)33-2/h3-5,12-13,31H,6-11H2,1-2H3,(H,28,32)(H,24,25,26,27). The van der Waals surface area contributed by atoms with Crippen LogP contribution in [0.15, 0.2) is 30.5 Å². The molecule has 180 valence electrons. The van der Waals surface area contributed by atoms with E-state index in [4.69, 9.17) is 21.4 Å². The van der Waals surface area contributed by atoms with Crippen LogP contribution in [0, 0.1) is 6.92 Å². The molecule has 34 heavy (non-hydrogen) atoms. The van der Waals surface area contributed by atoms with E-state index >= 15 is 0 Å². The number of nitrogens with zero attached hydrogens (tertiary/aromatic N) is 5. The number of benzene rings is 1. The van der Waals surface area contributed by atoms with Crippen molar-refractivity contribution in [2.45, 2.75) is 6.92 Å². The molecule has 1 aliphatic rings. The van der Waals surface area contributed by atoms with Gasteiger partial charge in [0.2, 0.25) is 0 Å². The van der Waals surface area contributed by atoms with E-state index in [0.717, 1.165) is 32.0 Å². The number of aryl methyl sites for hydroxylation is 1. The number of anilines is 4. The molecular weight excluding hydrogens is 478 g/mol. The summed E-state index contributed by atoms with van der Waals surface area (Å²) < 4.78 is 5.28. The van der Waals surface area contributed by atoms with Crippen molar-refractivity contribution >= 4 is 51.3 Å². The van der Waals surface area contributed by atoms with Gasteiger partial charge in [0.1, 0.15) is 33.8 Å². The molecule has 1 saturated heterocycles. The van der Waals surface area contributed by atoms with Crippen LogP contribution in [0.2, 0.25) is 5.02 Å². The summed E-state index contributed by atoms with van der Waals surface area (Å²) in [6.07, 6.45) is 1.50. The van der Waals surface area contributed by atoms with Crippen molar-refractivity contribution in [2.75, 3.05) is 62.0 Å². The molecule has 0 unspecified atom stereocenters. The fourth-order valence-electron chi connectivity index (χ4n) is 3.64. The Morgan fingerprint density at radius 3 is 2.79 bits per heavy atom. The first-order valence-electron chi connectivity index (χ1n) is 10.8. The van der Waals surface area contributed by atoms with Gasteiger partial charge in [-0.05, 0) is 19.1 Å². The second-order valence-corrected chi connectivity index (χ2v) is 9.07. The summed E-state index contributed by atoms with van der Waals surface area (Å²) in [5.74, 6) is 2.22. The van der Waals surface area contributed by atoms with Crippen molar-refractivity contribution in [3.63, 3.8) is 0 Å². The number of β-amino-alcohol motifs (C(OH)–C–C–N with tert-alkyl or cyclic N) is 1. The van der Waals surface area contributed by atoms with Gasteiger partial charge in [-0.2, -0.15) is 0 Å². The van der Waals surface area contributed by atoms with E-state index < -0.39 is 0 Å². The third-order valence-corrected chi connectivity index (χ3v) is 6.56. The molecule has 0 radical (unpaired) electrons. The number of carbonyl (C=O) groups is 1. The number of rotatable bonds is 8. The quantitative estimate of drug-likeness (QED) is 0.426. The second-order valence-electron chi connectivity index (χ2n) is 7.64. The normalized spacial score (nSPS) is 14.2. The highest BCUT2D eigenvalue weighted by atomic mass is 35.5. The van der Waals surface area contributed by atoms with Crippen molar-refractivity contribution in [2.24, 2.45) is 0 Å². The van der Waals surface area contributed by atoms with Gasteiger partial charge in [-0.3, -0.25) is 9.69 Å². The maximum Gasteiger partial charge on any atom is 0.267 e. The SMILES string of the molecule is COc1cccc(Cl)c1NC(=O)c1cnc(Nc2cc(N3CCN(CCO)CC3)nc(C)n2)s1. The number of carbonyl (C=O) groups excluding carboxylic acids is 1. The number of aromatic nitrogens is 3. The Morgan fingerprint density at radius 1 is 1.26 bits per heavy atom. The molecule has 0 atom stereocenters. The zero-order valence-corrected chi connectivity index (χ0v) is 20.5. The predicted octanol–water partition coefficient (Wildman–Crippen LogP) is 3.01. The lowest BCUT2D eigenvalue weighted by Crippen LogP contribution is -2.47. The number of halogens is 1. The van der Waals surface area contributed by atoms with Gasteiger partial charge in [-0.1, -0.05) is 29.0 Å². The molecule has 2 aromatic heterocycles. The summed E-state index contributed by atoms with van der Waals surface area (Å²) in [6.45, 7) is 6.08. The first-order chi connectivity index (χ1) is 16.5. The molecular formula is C22H26ClN7O3S. The second kappa shape index (κ2) is 11.0. The average molecular weight is 504 g/mol. The minimum absolute atomic E-state index is 0.167. The van der Waals surface area contributed by atoms with Crippen LogP contribution in [0.4, 0.5) is 22.5 Å². The van der Waals surface area contributed by atoms with E-state index in [1.54, 1.807) is 18.2 Å². The fraction of sp³-hybridized carbons (Fsp3) is 0.364. The number of hydrogen-bond donors (Lipinski definition) is 3. The van der Waals surface area contributed by atoms with Crippen molar-refractivity contribution in [1.29, 1.82) is 0 Å². The number of para-hydroxylation sites is 1. The van der Waals surface area contributed by atoms with E-state index in [2.05, 4.69) is 35.4 Å². The van der Waals surface area contributed by atoms with Crippen LogP contribution >= 0.6 is 22.9 Å². The van der Waals surface area contributed by atoms with Gasteiger partial charge in [0.05, 0.1) is 24.9 Å². The highest BCUT2D eigenvalue weighted by molar-refractivity contribution is 7.17. The molecule has 3 heterocycles. The molecule has 3 aromatic rings. The van der Waals surface area contributed by atoms with Gasteiger partial charge in [-0.15, -0.1) is 0 Å². The molecule has 0 bridgehead atoms. The molecule has 1 aliphatic heterocycles. The number of hydrogen-bond acceptors (Lipinski definition) is 10. The van der Waals surface area contributed by atoms with Crippen LogP contribution in [0.5, 0.6) is 5.75 Å². The molecule has 3 N–H and O–H groups in total. The van der Waals surface area contributed by atoms with Gasteiger partial charge >= 0.3 is 0 Å². The summed E-state index contributed by atoms with van der Waals surface area (Å²) in [5.41, 5.74) is 0.412. The van der Waals surface area contributed by atoms with Crippen LogP contribution in [0.25, 0.3) is 0 Å². The molecule has 1 amide bonds. The van der Waals surface area contributed by atoms with E-state index in [1.165, 1.54) is 24.6 Å². The van der Waals surface area contributed by atoms with Crippen LogP contribution in [0.1, 0.15) is 15.5 Å². The van der Waals surface area contributed by atoms with Crippen molar-refractivity contribution in [1.82, 2.24) is 19.9 Å². The van der Waals surface area contributed by atoms with Crippen LogP contribution in [-0.2, 0) is 0 Å². The topological polar surface area (TPSA) is 116 Å². The summed E-state index contributed by atoms with van der Waals surface area (Å²) in [6, 6.07) is 7.03. The number of aliphatic hydroxyl groups excluding tert-OH is 1. The lowest BCUT2D eigenvalue weighted by Gasteiger charge is -2.35. The number of ether oxygens (including phenoxy) is 1. The number of thiazole rings is 1. The molecule has 0 saturated carbocycles. The molecule has 10 nitrogen and oxygen atoms in total. The van der Waals surface area contributed by atoms with Crippen molar-refractivity contribution in [3.05, 3.63) is 46.2 Å². The molecule has 1 fully saturated rings. The smallest absolute Gasteiger partial charge is 0.267 e. The number of aliphatic hydroxyl groups is 1. The number of methoxy groups -OCH3 is 1. The first kappa shape index (κ1) is 24.1. The van der Waals surface area contributed by atoms with Gasteiger partial charge in [0, 0.05) is 38.8 Å². The molecule has 12 heteroatoms. The van der Waals surface area contributed by atoms with Crippen molar-refractivity contribution < 1.29 is 14.6 Å². The van der Waals surface area contributed by atoms with E-state index in [1.807, 2.05) is 13.0 Å². The molecule has 4 rings (SSSR count). The third-order valence-electron chi connectivity index (χ3n) is 5.34. The maximum atomic E-state index is 12.8. The fourth-order valence-corrected chi connectivity index (χ4v) is 4.57. The number of piperazine rings is 1. The van der Waals surface area contributed by atoms with Gasteiger partial charge in [0.25, 0.3) is 5.91 Å². The number of nitrogens with one attached hydrogen (secondary N) is 2. The predicted molar refractivity (Wildman–Crippen MR) is 134 cm³/mol. The minimum Gasteiger partial charge on any atom is -0.495 e. The summed E-state index contributed by atoms with van der Waals surface area (Å²) in [5, 5.41) is 16.0.